The van der Waals surface area contributed by atoms with Gasteiger partial charge in [0.25, 0.3) is 5.91 Å². The molecule has 0 radical (unpaired) electrons. The number of aryl methyl sites for hydroxylation is 1. The third-order valence-electron chi connectivity index (χ3n) is 4.79. The number of fused-ring (bicyclic) bond motifs is 1. The predicted molar refractivity (Wildman–Crippen MR) is 106 cm³/mol. The van der Waals surface area contributed by atoms with Gasteiger partial charge in [-0.15, -0.1) is 17.9 Å². The molecule has 0 aliphatic heterocycles. The Labute approximate surface area is 157 Å². The number of carbonyl (C=O) groups excluding carboxylic acids is 1. The highest BCUT2D eigenvalue weighted by Gasteiger charge is 2.25. The Morgan fingerprint density at radius 3 is 2.85 bits per heavy atom. The summed E-state index contributed by atoms with van der Waals surface area (Å²) in [5.74, 6) is 1.75. The van der Waals surface area contributed by atoms with Crippen molar-refractivity contribution in [2.75, 3.05) is 6.54 Å². The average molecular weight is 366 g/mol. The van der Waals surface area contributed by atoms with Gasteiger partial charge in [0.2, 0.25) is 0 Å². The van der Waals surface area contributed by atoms with E-state index in [4.69, 9.17) is 4.98 Å². The molecule has 1 fully saturated rings. The topological polar surface area (TPSA) is 38.1 Å². The zero-order valence-corrected chi connectivity index (χ0v) is 15.8. The SMILES string of the molecule is C=CCN(Cc1nc2ccccc2n1CC1CC1)C(=O)c1ccc(C)s1. The van der Waals surface area contributed by atoms with E-state index in [0.717, 1.165) is 39.1 Å². The summed E-state index contributed by atoms with van der Waals surface area (Å²) < 4.78 is 2.30. The minimum Gasteiger partial charge on any atom is -0.327 e. The van der Waals surface area contributed by atoms with Crippen LogP contribution in [0.1, 0.15) is 33.2 Å². The van der Waals surface area contributed by atoms with Crippen LogP contribution in [0.3, 0.4) is 0 Å². The van der Waals surface area contributed by atoms with Gasteiger partial charge in [-0.2, -0.15) is 0 Å². The number of hydrogen-bond acceptors (Lipinski definition) is 3. The van der Waals surface area contributed by atoms with Crippen LogP contribution in [0.25, 0.3) is 11.0 Å². The van der Waals surface area contributed by atoms with Crippen molar-refractivity contribution >= 4 is 28.3 Å². The molecule has 1 amide bonds. The van der Waals surface area contributed by atoms with E-state index >= 15 is 0 Å². The molecule has 0 unspecified atom stereocenters. The maximum atomic E-state index is 13.0. The molecule has 134 valence electrons. The Balaban J connectivity index is 1.66. The third-order valence-corrected chi connectivity index (χ3v) is 5.78. The third kappa shape index (κ3) is 3.44. The first-order valence-electron chi connectivity index (χ1n) is 9.06. The Hall–Kier alpha value is -2.40. The van der Waals surface area contributed by atoms with Crippen molar-refractivity contribution in [1.29, 1.82) is 0 Å². The lowest BCUT2D eigenvalue weighted by Crippen LogP contribution is -2.31. The summed E-state index contributed by atoms with van der Waals surface area (Å²) >= 11 is 1.54. The second-order valence-corrected chi connectivity index (χ2v) is 8.24. The molecule has 5 heteroatoms. The quantitative estimate of drug-likeness (QED) is 0.572. The van der Waals surface area contributed by atoms with Crippen LogP contribution in [0.15, 0.2) is 49.1 Å². The molecule has 0 saturated heterocycles. The number of benzene rings is 1. The van der Waals surface area contributed by atoms with Crippen LogP contribution in [-0.4, -0.2) is 26.9 Å². The van der Waals surface area contributed by atoms with Crippen LogP contribution >= 0.6 is 11.3 Å². The molecule has 1 aromatic carbocycles. The second-order valence-electron chi connectivity index (χ2n) is 6.96. The molecule has 4 rings (SSSR count). The standard InChI is InChI=1S/C21H23N3OS/c1-3-12-23(21(25)19-11-8-15(2)26-19)14-20-22-17-6-4-5-7-18(17)24(20)13-16-9-10-16/h3-8,11,16H,1,9-10,12-14H2,2H3. The number of rotatable bonds is 7. The van der Waals surface area contributed by atoms with Gasteiger partial charge < -0.3 is 9.47 Å². The van der Waals surface area contributed by atoms with Crippen LogP contribution in [-0.2, 0) is 13.1 Å². The summed E-state index contributed by atoms with van der Waals surface area (Å²) in [6.07, 6.45) is 4.36. The second kappa shape index (κ2) is 7.08. The highest BCUT2D eigenvalue weighted by Crippen LogP contribution is 2.32. The van der Waals surface area contributed by atoms with Crippen molar-refractivity contribution in [3.63, 3.8) is 0 Å². The number of aromatic nitrogens is 2. The summed E-state index contributed by atoms with van der Waals surface area (Å²) in [4.78, 5) is 21.6. The molecular weight excluding hydrogens is 342 g/mol. The average Bonchev–Trinajstić information content (AvgIpc) is 3.26. The van der Waals surface area contributed by atoms with Crippen LogP contribution in [0.4, 0.5) is 0 Å². The lowest BCUT2D eigenvalue weighted by molar-refractivity contribution is 0.0762. The highest BCUT2D eigenvalue weighted by molar-refractivity contribution is 7.13. The first kappa shape index (κ1) is 17.0. The maximum Gasteiger partial charge on any atom is 0.264 e. The van der Waals surface area contributed by atoms with Crippen molar-refractivity contribution < 1.29 is 4.79 Å². The van der Waals surface area contributed by atoms with E-state index in [0.29, 0.717) is 13.1 Å². The number of nitrogens with zero attached hydrogens (tertiary/aromatic N) is 3. The van der Waals surface area contributed by atoms with Gasteiger partial charge in [-0.3, -0.25) is 4.79 Å². The minimum absolute atomic E-state index is 0.0491. The van der Waals surface area contributed by atoms with E-state index in [1.165, 1.54) is 24.2 Å². The van der Waals surface area contributed by atoms with E-state index in [1.54, 1.807) is 6.08 Å². The van der Waals surface area contributed by atoms with Crippen LogP contribution in [0, 0.1) is 12.8 Å². The first-order chi connectivity index (χ1) is 12.7. The number of para-hydroxylation sites is 2. The summed E-state index contributed by atoms with van der Waals surface area (Å²) in [6.45, 7) is 7.86. The molecule has 1 saturated carbocycles. The van der Waals surface area contributed by atoms with E-state index in [9.17, 15) is 4.79 Å². The summed E-state index contributed by atoms with van der Waals surface area (Å²) in [5.41, 5.74) is 2.16. The Kier molecular flexibility index (Phi) is 4.64. The lowest BCUT2D eigenvalue weighted by Gasteiger charge is -2.21. The van der Waals surface area contributed by atoms with Crippen LogP contribution in [0.5, 0.6) is 0 Å². The van der Waals surface area contributed by atoms with Gasteiger partial charge in [0, 0.05) is 18.0 Å². The van der Waals surface area contributed by atoms with E-state index in [2.05, 4.69) is 23.3 Å². The number of carbonyl (C=O) groups is 1. The molecule has 1 aliphatic rings. The fraction of sp³-hybridized carbons (Fsp3) is 0.333. The minimum atomic E-state index is 0.0491. The number of thiophene rings is 1. The molecule has 4 nitrogen and oxygen atoms in total. The predicted octanol–water partition coefficient (Wildman–Crippen LogP) is 4.64. The molecular formula is C21H23N3OS. The van der Waals surface area contributed by atoms with Gasteiger partial charge in [0.15, 0.2) is 0 Å². The van der Waals surface area contributed by atoms with Gasteiger partial charge in [-0.25, -0.2) is 4.98 Å². The molecule has 2 heterocycles. The number of imidazole rings is 1. The molecule has 0 bridgehead atoms. The van der Waals surface area contributed by atoms with E-state index < -0.39 is 0 Å². The molecule has 26 heavy (non-hydrogen) atoms. The summed E-state index contributed by atoms with van der Waals surface area (Å²) in [6, 6.07) is 12.1. The summed E-state index contributed by atoms with van der Waals surface area (Å²) in [7, 11) is 0. The molecule has 0 spiro atoms. The van der Waals surface area contributed by atoms with E-state index in [-0.39, 0.29) is 5.91 Å². The zero-order chi connectivity index (χ0) is 18.1. The van der Waals surface area contributed by atoms with Gasteiger partial charge >= 0.3 is 0 Å². The highest BCUT2D eigenvalue weighted by atomic mass is 32.1. The Morgan fingerprint density at radius 2 is 2.15 bits per heavy atom. The molecule has 0 atom stereocenters. The smallest absolute Gasteiger partial charge is 0.264 e. The molecule has 2 aromatic heterocycles. The molecule has 0 N–H and O–H groups in total. The normalized spacial score (nSPS) is 13.9. The van der Waals surface area contributed by atoms with Gasteiger partial charge in [0.1, 0.15) is 5.82 Å². The van der Waals surface area contributed by atoms with Gasteiger partial charge in [-0.05, 0) is 49.9 Å². The van der Waals surface area contributed by atoms with Crippen LogP contribution in [0.2, 0.25) is 0 Å². The van der Waals surface area contributed by atoms with Gasteiger partial charge in [-0.1, -0.05) is 18.2 Å². The zero-order valence-electron chi connectivity index (χ0n) is 15.0. The van der Waals surface area contributed by atoms with Crippen molar-refractivity contribution in [2.24, 2.45) is 5.92 Å². The lowest BCUT2D eigenvalue weighted by atomic mass is 10.3. The van der Waals surface area contributed by atoms with Crippen molar-refractivity contribution in [2.45, 2.75) is 32.9 Å². The van der Waals surface area contributed by atoms with Crippen molar-refractivity contribution in [3.05, 3.63) is 64.6 Å². The Morgan fingerprint density at radius 1 is 1.35 bits per heavy atom. The van der Waals surface area contributed by atoms with Crippen molar-refractivity contribution in [3.8, 4) is 0 Å². The fourth-order valence-corrected chi connectivity index (χ4v) is 4.10. The summed E-state index contributed by atoms with van der Waals surface area (Å²) in [5, 5.41) is 0. The van der Waals surface area contributed by atoms with Crippen LogP contribution < -0.4 is 0 Å². The number of hydrogen-bond donors (Lipinski definition) is 0. The van der Waals surface area contributed by atoms with E-state index in [1.807, 2.05) is 36.1 Å². The van der Waals surface area contributed by atoms with Gasteiger partial charge in [0.05, 0.1) is 22.5 Å². The van der Waals surface area contributed by atoms with Crippen molar-refractivity contribution in [1.82, 2.24) is 14.5 Å². The number of amides is 1. The fourth-order valence-electron chi connectivity index (χ4n) is 3.26. The molecule has 1 aliphatic carbocycles. The first-order valence-corrected chi connectivity index (χ1v) is 9.88. The molecule has 3 aromatic rings. The largest absolute Gasteiger partial charge is 0.327 e. The monoisotopic (exact) mass is 365 g/mol. The Bertz CT molecular complexity index is 951. The maximum absolute atomic E-state index is 13.0.